The summed E-state index contributed by atoms with van der Waals surface area (Å²) in [5.74, 6) is -2.89. The molecule has 3 heterocycles. The number of carbonyl (C=O) groups excluding carboxylic acids is 3. The number of anilines is 1. The van der Waals surface area contributed by atoms with Gasteiger partial charge in [0.15, 0.2) is 0 Å². The van der Waals surface area contributed by atoms with Gasteiger partial charge in [0.2, 0.25) is 5.91 Å². The molecule has 1 aromatic carbocycles. The highest BCUT2D eigenvalue weighted by Crippen LogP contribution is 2.65. The zero-order chi connectivity index (χ0) is 30.1. The van der Waals surface area contributed by atoms with E-state index >= 15 is 0 Å². The number of aryl methyl sites for hydroxylation is 2. The van der Waals surface area contributed by atoms with Gasteiger partial charge in [0.1, 0.15) is 17.6 Å². The fourth-order valence-corrected chi connectivity index (χ4v) is 7.57. The highest BCUT2D eigenvalue weighted by molar-refractivity contribution is 6.05. The van der Waals surface area contributed by atoms with Crippen LogP contribution in [0.15, 0.2) is 43.5 Å². The van der Waals surface area contributed by atoms with Gasteiger partial charge in [-0.05, 0) is 69.9 Å². The lowest BCUT2D eigenvalue weighted by Gasteiger charge is -2.40. The van der Waals surface area contributed by atoms with E-state index in [1.807, 2.05) is 58.9 Å². The number of hydrogen-bond donors (Lipinski definition) is 1. The lowest BCUT2D eigenvalue weighted by molar-refractivity contribution is -0.162. The largest absolute Gasteiger partial charge is 0.465 e. The van der Waals surface area contributed by atoms with Crippen LogP contribution in [0.4, 0.5) is 5.69 Å². The second kappa shape index (κ2) is 12.1. The predicted molar refractivity (Wildman–Crippen MR) is 158 cm³/mol. The van der Waals surface area contributed by atoms with Gasteiger partial charge in [-0.3, -0.25) is 14.4 Å². The Bertz CT molecular complexity index is 1170. The van der Waals surface area contributed by atoms with Crippen molar-refractivity contribution >= 4 is 23.5 Å². The van der Waals surface area contributed by atoms with Crippen molar-refractivity contribution in [2.75, 3.05) is 24.7 Å². The van der Waals surface area contributed by atoms with E-state index in [1.165, 1.54) is 4.90 Å². The minimum absolute atomic E-state index is 0.0950. The maximum atomic E-state index is 14.8. The van der Waals surface area contributed by atoms with Crippen LogP contribution < -0.4 is 4.90 Å². The molecular formula is C33H46N2O6. The molecule has 0 saturated carbocycles. The van der Waals surface area contributed by atoms with E-state index in [4.69, 9.17) is 9.47 Å². The summed E-state index contributed by atoms with van der Waals surface area (Å²) >= 11 is 0. The van der Waals surface area contributed by atoms with Gasteiger partial charge in [-0.25, -0.2) is 0 Å². The molecule has 1 aromatic rings. The van der Waals surface area contributed by atoms with E-state index in [9.17, 15) is 19.5 Å². The molecule has 224 valence electrons. The smallest absolute Gasteiger partial charge is 0.312 e. The first-order valence-corrected chi connectivity index (χ1v) is 14.9. The molecule has 8 nitrogen and oxygen atoms in total. The number of benzene rings is 1. The molecule has 1 spiro atoms. The van der Waals surface area contributed by atoms with Crippen molar-refractivity contribution in [3.63, 3.8) is 0 Å². The Kier molecular flexibility index (Phi) is 9.14. The Morgan fingerprint density at radius 2 is 1.93 bits per heavy atom. The summed E-state index contributed by atoms with van der Waals surface area (Å²) in [5, 5.41) is 10.4. The van der Waals surface area contributed by atoms with Gasteiger partial charge in [-0.2, -0.15) is 0 Å². The predicted octanol–water partition coefficient (Wildman–Crippen LogP) is 4.50. The van der Waals surface area contributed by atoms with Gasteiger partial charge in [-0.1, -0.05) is 44.2 Å². The molecule has 3 unspecified atom stereocenters. The Balaban J connectivity index is 1.80. The Morgan fingerprint density at radius 3 is 2.51 bits per heavy atom. The minimum atomic E-state index is -1.21. The van der Waals surface area contributed by atoms with Gasteiger partial charge in [0.25, 0.3) is 5.91 Å². The first-order valence-electron chi connectivity index (χ1n) is 14.9. The third kappa shape index (κ3) is 4.93. The van der Waals surface area contributed by atoms with Gasteiger partial charge < -0.3 is 24.4 Å². The van der Waals surface area contributed by atoms with Crippen LogP contribution in [-0.4, -0.2) is 70.8 Å². The molecule has 0 radical (unpaired) electrons. The molecule has 1 N–H and O–H groups in total. The number of hydrogen-bond acceptors (Lipinski definition) is 6. The van der Waals surface area contributed by atoms with Crippen LogP contribution in [0.3, 0.4) is 0 Å². The van der Waals surface area contributed by atoms with E-state index in [-0.39, 0.29) is 37.5 Å². The fourth-order valence-electron chi connectivity index (χ4n) is 7.57. The van der Waals surface area contributed by atoms with Crippen LogP contribution in [0.5, 0.6) is 0 Å². The van der Waals surface area contributed by atoms with E-state index < -0.39 is 41.1 Å². The number of rotatable bonds is 13. The molecule has 3 saturated heterocycles. The summed E-state index contributed by atoms with van der Waals surface area (Å²) < 4.78 is 12.6. The van der Waals surface area contributed by atoms with Crippen molar-refractivity contribution < 1.29 is 29.0 Å². The normalized spacial score (nSPS) is 30.7. The number of aliphatic hydroxyl groups excluding tert-OH is 1. The van der Waals surface area contributed by atoms with Crippen molar-refractivity contribution in [2.24, 2.45) is 17.8 Å². The molecule has 41 heavy (non-hydrogen) atoms. The van der Waals surface area contributed by atoms with Crippen molar-refractivity contribution in [2.45, 2.75) is 90.0 Å². The number of fused-ring (bicyclic) bond motifs is 1. The molecule has 0 aliphatic carbocycles. The molecule has 3 aliphatic heterocycles. The highest BCUT2D eigenvalue weighted by atomic mass is 16.6. The van der Waals surface area contributed by atoms with E-state index in [0.717, 1.165) is 29.7 Å². The molecule has 8 heteroatoms. The van der Waals surface area contributed by atoms with Crippen molar-refractivity contribution in [3.8, 4) is 0 Å². The number of allylic oxidation sites excluding steroid dienone is 1. The number of aliphatic hydroxyl groups is 1. The summed E-state index contributed by atoms with van der Waals surface area (Å²) in [6.45, 7) is 17.5. The van der Waals surface area contributed by atoms with Gasteiger partial charge in [0.05, 0.1) is 30.8 Å². The number of likely N-dealkylation sites (tertiary alicyclic amines) is 1. The number of unbranched alkanes of at least 4 members (excludes halogenated alkanes) is 2. The maximum Gasteiger partial charge on any atom is 0.312 e. The maximum absolute atomic E-state index is 14.8. The number of carbonyl (C=O) groups is 3. The van der Waals surface area contributed by atoms with Crippen molar-refractivity contribution in [1.29, 1.82) is 0 Å². The summed E-state index contributed by atoms with van der Waals surface area (Å²) in [4.78, 5) is 46.1. The average Bonchev–Trinajstić information content (AvgIpc) is 3.45. The monoisotopic (exact) mass is 566 g/mol. The Morgan fingerprint density at radius 1 is 1.24 bits per heavy atom. The molecule has 7 atom stereocenters. The van der Waals surface area contributed by atoms with Gasteiger partial charge in [0, 0.05) is 12.2 Å². The van der Waals surface area contributed by atoms with Crippen LogP contribution in [0.2, 0.25) is 0 Å². The van der Waals surface area contributed by atoms with Gasteiger partial charge in [-0.15, -0.1) is 13.2 Å². The molecular weight excluding hydrogens is 520 g/mol. The molecule has 2 amide bonds. The summed E-state index contributed by atoms with van der Waals surface area (Å²) in [7, 11) is 0. The van der Waals surface area contributed by atoms with Crippen molar-refractivity contribution in [1.82, 2.24) is 4.90 Å². The Labute approximate surface area is 244 Å². The van der Waals surface area contributed by atoms with E-state index in [2.05, 4.69) is 13.2 Å². The fraction of sp³-hybridized carbons (Fsp3) is 0.606. The second-order valence-electron chi connectivity index (χ2n) is 12.1. The van der Waals surface area contributed by atoms with Crippen molar-refractivity contribution in [3.05, 3.63) is 54.6 Å². The van der Waals surface area contributed by atoms with Gasteiger partial charge >= 0.3 is 5.97 Å². The molecule has 3 aliphatic rings. The first-order chi connectivity index (χ1) is 19.5. The highest BCUT2D eigenvalue weighted by Gasteiger charge is 2.80. The lowest BCUT2D eigenvalue weighted by Crippen LogP contribution is -2.59. The van der Waals surface area contributed by atoms with E-state index in [1.54, 1.807) is 11.0 Å². The quantitative estimate of drug-likeness (QED) is 0.215. The zero-order valence-electron chi connectivity index (χ0n) is 25.2. The number of amides is 2. The second-order valence-corrected chi connectivity index (χ2v) is 12.1. The van der Waals surface area contributed by atoms with Crippen LogP contribution >= 0.6 is 0 Å². The van der Waals surface area contributed by atoms with Crippen LogP contribution in [0.1, 0.15) is 64.0 Å². The summed E-state index contributed by atoms with van der Waals surface area (Å²) in [6.07, 6.45) is 6.80. The Hall–Kier alpha value is -2.97. The number of ether oxygens (including phenoxy) is 2. The zero-order valence-corrected chi connectivity index (χ0v) is 25.2. The SMILES string of the molecule is C=CCCCCOC(=O)[C@@H]1[C@H]2C(=O)N([C@@H](CC)CO)C(C(=O)N(CC=C)c3c(C)cccc3C)C23CC(C)[C@@]1(C)O3. The third-order valence-corrected chi connectivity index (χ3v) is 9.65. The minimum Gasteiger partial charge on any atom is -0.465 e. The number of esters is 1. The molecule has 3 fully saturated rings. The van der Waals surface area contributed by atoms with E-state index in [0.29, 0.717) is 19.3 Å². The lowest BCUT2D eigenvalue weighted by atomic mass is 9.62. The molecule has 4 rings (SSSR count). The van der Waals surface area contributed by atoms with Crippen LogP contribution in [0.25, 0.3) is 0 Å². The van der Waals surface area contributed by atoms with Crippen LogP contribution in [0, 0.1) is 31.6 Å². The molecule has 0 aromatic heterocycles. The summed E-state index contributed by atoms with van der Waals surface area (Å²) in [5.41, 5.74) is 0.451. The average molecular weight is 567 g/mol. The first kappa shape index (κ1) is 31.0. The summed E-state index contributed by atoms with van der Waals surface area (Å²) in [6, 6.07) is 4.25. The van der Waals surface area contributed by atoms with Crippen LogP contribution in [-0.2, 0) is 23.9 Å². The topological polar surface area (TPSA) is 96.4 Å². The standard InChI is InChI=1S/C33H46N2O6/c1-8-11-12-13-18-40-31(39)26-25-29(37)35(24(10-3)20-36)28(33(25)19-23(6)32(26,7)41-33)30(38)34(17-9-2)27-21(4)15-14-16-22(27)5/h8-9,14-16,23-26,28,36H,1-2,10-13,17-20H2,3-7H3/t23?,24-,25-,26-,28?,32+,33?/m0/s1. The molecule has 2 bridgehead atoms. The third-order valence-electron chi connectivity index (χ3n) is 9.65. The number of nitrogens with zero attached hydrogens (tertiary/aromatic N) is 2. The number of para-hydroxylation sites is 1.